The van der Waals surface area contributed by atoms with Crippen LogP contribution in [-0.4, -0.2) is 22.1 Å². The van der Waals surface area contributed by atoms with Gasteiger partial charge >= 0.3 is 5.97 Å². The van der Waals surface area contributed by atoms with Crippen molar-refractivity contribution in [2.24, 2.45) is 5.92 Å². The first-order chi connectivity index (χ1) is 9.00. The number of pyridine rings is 1. The third kappa shape index (κ3) is 2.79. The van der Waals surface area contributed by atoms with E-state index in [4.69, 9.17) is 16.7 Å². The van der Waals surface area contributed by atoms with Gasteiger partial charge in [-0.15, -0.1) is 0 Å². The van der Waals surface area contributed by atoms with Crippen LogP contribution in [0.3, 0.4) is 0 Å². The maximum Gasteiger partial charge on any atom is 0.308 e. The smallest absolute Gasteiger partial charge is 0.308 e. The highest BCUT2D eigenvalue weighted by Crippen LogP contribution is 2.28. The first-order valence-electron chi connectivity index (χ1n) is 6.03. The first kappa shape index (κ1) is 13.6. The molecule has 0 amide bonds. The standard InChI is InChI=1S/C14H15ClN2O2/c1-8(14(18)19)9(2)17-12-6-5-11(15)10-4-3-7-16-13(10)12/h3-9,17H,1-2H3,(H,18,19). The van der Waals surface area contributed by atoms with E-state index in [2.05, 4.69) is 10.3 Å². The molecule has 0 bridgehead atoms. The number of benzene rings is 1. The summed E-state index contributed by atoms with van der Waals surface area (Å²) in [6.07, 6.45) is 1.69. The van der Waals surface area contributed by atoms with Crippen molar-refractivity contribution in [3.05, 3.63) is 35.5 Å². The lowest BCUT2D eigenvalue weighted by atomic mass is 10.0. The van der Waals surface area contributed by atoms with Crippen LogP contribution in [0, 0.1) is 5.92 Å². The van der Waals surface area contributed by atoms with E-state index in [-0.39, 0.29) is 6.04 Å². The van der Waals surface area contributed by atoms with E-state index >= 15 is 0 Å². The van der Waals surface area contributed by atoms with Crippen molar-refractivity contribution in [2.75, 3.05) is 5.32 Å². The van der Waals surface area contributed by atoms with Gasteiger partial charge in [-0.2, -0.15) is 0 Å². The molecule has 2 atom stereocenters. The van der Waals surface area contributed by atoms with E-state index in [0.717, 1.165) is 16.6 Å². The summed E-state index contributed by atoms with van der Waals surface area (Å²) >= 11 is 6.12. The number of carboxylic acids is 1. The highest BCUT2D eigenvalue weighted by atomic mass is 35.5. The molecule has 0 radical (unpaired) electrons. The molecule has 0 aliphatic carbocycles. The predicted molar refractivity (Wildman–Crippen MR) is 76.6 cm³/mol. The van der Waals surface area contributed by atoms with E-state index in [9.17, 15) is 4.79 Å². The normalized spacial score (nSPS) is 14.1. The van der Waals surface area contributed by atoms with Crippen LogP contribution in [0.2, 0.25) is 5.02 Å². The number of aromatic nitrogens is 1. The summed E-state index contributed by atoms with van der Waals surface area (Å²) in [6, 6.07) is 7.11. The fourth-order valence-corrected chi connectivity index (χ4v) is 2.05. The van der Waals surface area contributed by atoms with Gasteiger partial charge in [0.25, 0.3) is 0 Å². The van der Waals surface area contributed by atoms with Crippen molar-refractivity contribution in [3.8, 4) is 0 Å². The molecule has 2 N–H and O–H groups in total. The molecule has 0 fully saturated rings. The van der Waals surface area contributed by atoms with E-state index < -0.39 is 11.9 Å². The minimum atomic E-state index is -0.828. The third-order valence-corrected chi connectivity index (χ3v) is 3.57. The maximum atomic E-state index is 11.0. The van der Waals surface area contributed by atoms with E-state index in [0.29, 0.717) is 5.02 Å². The molecule has 0 saturated carbocycles. The quantitative estimate of drug-likeness (QED) is 0.900. The number of nitrogens with zero attached hydrogens (tertiary/aromatic N) is 1. The number of rotatable bonds is 4. The van der Waals surface area contributed by atoms with Crippen LogP contribution in [-0.2, 0) is 4.79 Å². The molecule has 1 aromatic carbocycles. The van der Waals surface area contributed by atoms with Crippen molar-refractivity contribution >= 4 is 34.2 Å². The molecule has 100 valence electrons. The van der Waals surface area contributed by atoms with Crippen LogP contribution in [0.4, 0.5) is 5.69 Å². The van der Waals surface area contributed by atoms with Crippen LogP contribution < -0.4 is 5.32 Å². The Kier molecular flexibility index (Phi) is 3.90. The molecule has 5 heteroatoms. The van der Waals surface area contributed by atoms with Gasteiger partial charge < -0.3 is 10.4 Å². The second-order valence-electron chi connectivity index (χ2n) is 4.55. The van der Waals surface area contributed by atoms with Crippen LogP contribution >= 0.6 is 11.6 Å². The monoisotopic (exact) mass is 278 g/mol. The molecule has 1 heterocycles. The molecular weight excluding hydrogens is 264 g/mol. The van der Waals surface area contributed by atoms with Crippen LogP contribution in [0.1, 0.15) is 13.8 Å². The Morgan fingerprint density at radius 1 is 1.37 bits per heavy atom. The van der Waals surface area contributed by atoms with Gasteiger partial charge in [0, 0.05) is 17.6 Å². The molecule has 0 saturated heterocycles. The Hall–Kier alpha value is -1.81. The fraction of sp³-hybridized carbons (Fsp3) is 0.286. The Labute approximate surface area is 116 Å². The van der Waals surface area contributed by atoms with Crippen molar-refractivity contribution in [1.82, 2.24) is 4.98 Å². The SMILES string of the molecule is CC(Nc1ccc(Cl)c2cccnc12)C(C)C(=O)O. The third-order valence-electron chi connectivity index (χ3n) is 3.24. The minimum absolute atomic E-state index is 0.205. The van der Waals surface area contributed by atoms with Gasteiger partial charge in [0.15, 0.2) is 0 Å². The zero-order valence-corrected chi connectivity index (χ0v) is 11.5. The van der Waals surface area contributed by atoms with Crippen molar-refractivity contribution in [1.29, 1.82) is 0 Å². The molecule has 0 aliphatic heterocycles. The van der Waals surface area contributed by atoms with Gasteiger partial charge in [-0.3, -0.25) is 9.78 Å². The Balaban J connectivity index is 2.36. The summed E-state index contributed by atoms with van der Waals surface area (Å²) in [4.78, 5) is 15.3. The van der Waals surface area contributed by atoms with Crippen molar-refractivity contribution in [3.63, 3.8) is 0 Å². The summed E-state index contributed by atoms with van der Waals surface area (Å²) in [7, 11) is 0. The molecule has 4 nitrogen and oxygen atoms in total. The molecule has 0 aliphatic rings. The topological polar surface area (TPSA) is 62.2 Å². The zero-order chi connectivity index (χ0) is 14.0. The highest BCUT2D eigenvalue weighted by Gasteiger charge is 2.20. The maximum absolute atomic E-state index is 11.0. The number of halogens is 1. The molecular formula is C14H15ClN2O2. The summed E-state index contributed by atoms with van der Waals surface area (Å²) < 4.78 is 0. The molecule has 1 aromatic heterocycles. The first-order valence-corrected chi connectivity index (χ1v) is 6.41. The highest BCUT2D eigenvalue weighted by molar-refractivity contribution is 6.35. The zero-order valence-electron chi connectivity index (χ0n) is 10.7. The lowest BCUT2D eigenvalue weighted by Gasteiger charge is -2.20. The van der Waals surface area contributed by atoms with E-state index in [1.54, 1.807) is 19.2 Å². The number of anilines is 1. The summed E-state index contributed by atoms with van der Waals surface area (Å²) in [5.41, 5.74) is 1.54. The van der Waals surface area contributed by atoms with E-state index in [1.165, 1.54) is 0 Å². The average molecular weight is 279 g/mol. The van der Waals surface area contributed by atoms with Crippen molar-refractivity contribution in [2.45, 2.75) is 19.9 Å². The van der Waals surface area contributed by atoms with Crippen LogP contribution in [0.5, 0.6) is 0 Å². The molecule has 2 unspecified atom stereocenters. The van der Waals surface area contributed by atoms with Gasteiger partial charge in [-0.1, -0.05) is 11.6 Å². The summed E-state index contributed by atoms with van der Waals surface area (Å²) in [5.74, 6) is -1.32. The molecule has 2 rings (SSSR count). The van der Waals surface area contributed by atoms with Gasteiger partial charge in [-0.25, -0.2) is 0 Å². The number of hydrogen-bond donors (Lipinski definition) is 2. The number of hydrogen-bond acceptors (Lipinski definition) is 3. The van der Waals surface area contributed by atoms with Gasteiger partial charge in [-0.05, 0) is 38.1 Å². The number of nitrogens with one attached hydrogen (secondary N) is 1. The lowest BCUT2D eigenvalue weighted by Crippen LogP contribution is -2.29. The second kappa shape index (κ2) is 5.45. The Morgan fingerprint density at radius 2 is 2.11 bits per heavy atom. The summed E-state index contributed by atoms with van der Waals surface area (Å²) in [5, 5.41) is 13.7. The second-order valence-corrected chi connectivity index (χ2v) is 4.96. The predicted octanol–water partition coefficient (Wildman–Crippen LogP) is 3.41. The lowest BCUT2D eigenvalue weighted by molar-refractivity contribution is -0.141. The fourth-order valence-electron chi connectivity index (χ4n) is 1.84. The number of carboxylic acid groups (broad SMARTS) is 1. The molecule has 19 heavy (non-hydrogen) atoms. The van der Waals surface area contributed by atoms with Gasteiger partial charge in [0.1, 0.15) is 0 Å². The van der Waals surface area contributed by atoms with Gasteiger partial charge in [0.2, 0.25) is 0 Å². The molecule has 2 aromatic rings. The average Bonchev–Trinajstić information content (AvgIpc) is 2.41. The van der Waals surface area contributed by atoms with Crippen LogP contribution in [0.15, 0.2) is 30.5 Å². The molecule has 0 spiro atoms. The summed E-state index contributed by atoms with van der Waals surface area (Å²) in [6.45, 7) is 3.51. The Bertz CT molecular complexity index is 615. The van der Waals surface area contributed by atoms with E-state index in [1.807, 2.05) is 25.1 Å². The number of carbonyl (C=O) groups is 1. The number of fused-ring (bicyclic) bond motifs is 1. The van der Waals surface area contributed by atoms with Crippen molar-refractivity contribution < 1.29 is 9.90 Å². The Morgan fingerprint density at radius 3 is 2.79 bits per heavy atom. The largest absolute Gasteiger partial charge is 0.481 e. The van der Waals surface area contributed by atoms with Crippen LogP contribution in [0.25, 0.3) is 10.9 Å². The number of aliphatic carboxylic acids is 1. The minimum Gasteiger partial charge on any atom is -0.481 e. The van der Waals surface area contributed by atoms with Gasteiger partial charge in [0.05, 0.1) is 22.1 Å².